The van der Waals surface area contributed by atoms with Crippen molar-refractivity contribution in [3.05, 3.63) is 54.1 Å². The lowest BCUT2D eigenvalue weighted by Gasteiger charge is -2.21. The third-order valence-electron chi connectivity index (χ3n) is 4.71. The molecule has 0 heterocycles. The molecule has 0 radical (unpaired) electrons. The summed E-state index contributed by atoms with van der Waals surface area (Å²) in [6, 6.07) is 17.0. The Balaban J connectivity index is 1.88. The molecule has 0 atom stereocenters. The minimum atomic E-state index is 0.774. The molecule has 0 amide bonds. The van der Waals surface area contributed by atoms with E-state index in [0.717, 1.165) is 44.1 Å². The van der Waals surface area contributed by atoms with Crippen LogP contribution in [0.5, 0.6) is 5.75 Å². The van der Waals surface area contributed by atoms with Crippen molar-refractivity contribution in [3.63, 3.8) is 0 Å². The van der Waals surface area contributed by atoms with Crippen LogP contribution in [0.4, 0.5) is 11.4 Å². The van der Waals surface area contributed by atoms with E-state index in [1.54, 1.807) is 0 Å². The number of unbranched alkanes of at least 4 members (excludes halogenated alkanes) is 3. The highest BCUT2D eigenvalue weighted by atomic mass is 16.5. The van der Waals surface area contributed by atoms with Gasteiger partial charge in [-0.2, -0.15) is 0 Å². The molecule has 0 unspecified atom stereocenters. The summed E-state index contributed by atoms with van der Waals surface area (Å²) in [7, 11) is 0. The van der Waals surface area contributed by atoms with Crippen molar-refractivity contribution >= 4 is 11.4 Å². The van der Waals surface area contributed by atoms with E-state index in [1.807, 2.05) is 6.07 Å². The van der Waals surface area contributed by atoms with Crippen LogP contribution in [0.2, 0.25) is 0 Å². The third kappa shape index (κ3) is 6.29. The fraction of sp³-hybridized carbons (Fsp3) is 0.478. The average molecular weight is 355 g/mol. The molecule has 26 heavy (non-hydrogen) atoms. The maximum Gasteiger partial charge on any atom is 0.124 e. The predicted octanol–water partition coefficient (Wildman–Crippen LogP) is 6.10. The number of ether oxygens (including phenoxy) is 1. The molecular formula is C23H34N2O. The molecule has 0 saturated carbocycles. The first-order valence-corrected chi connectivity index (χ1v) is 10.1. The smallest absolute Gasteiger partial charge is 0.124 e. The van der Waals surface area contributed by atoms with Crippen LogP contribution in [-0.4, -0.2) is 19.7 Å². The zero-order chi connectivity index (χ0) is 18.6. The number of hydrogen-bond donors (Lipinski definition) is 1. The van der Waals surface area contributed by atoms with Crippen LogP contribution < -0.4 is 15.0 Å². The van der Waals surface area contributed by atoms with Gasteiger partial charge in [-0.25, -0.2) is 0 Å². The molecule has 0 aliphatic rings. The van der Waals surface area contributed by atoms with E-state index >= 15 is 0 Å². The summed E-state index contributed by atoms with van der Waals surface area (Å²) in [6.07, 6.45) is 4.92. The van der Waals surface area contributed by atoms with Gasteiger partial charge in [0.1, 0.15) is 5.75 Å². The van der Waals surface area contributed by atoms with Crippen LogP contribution >= 0.6 is 0 Å². The zero-order valence-corrected chi connectivity index (χ0v) is 16.6. The summed E-state index contributed by atoms with van der Waals surface area (Å²) in [4.78, 5) is 2.35. The minimum absolute atomic E-state index is 0.774. The predicted molar refractivity (Wildman–Crippen MR) is 113 cm³/mol. The van der Waals surface area contributed by atoms with E-state index in [9.17, 15) is 0 Å². The number of benzene rings is 2. The van der Waals surface area contributed by atoms with Gasteiger partial charge >= 0.3 is 0 Å². The highest BCUT2D eigenvalue weighted by molar-refractivity contribution is 5.55. The van der Waals surface area contributed by atoms with Crippen LogP contribution in [-0.2, 0) is 6.54 Å². The zero-order valence-electron chi connectivity index (χ0n) is 16.6. The van der Waals surface area contributed by atoms with E-state index in [-0.39, 0.29) is 0 Å². The summed E-state index contributed by atoms with van der Waals surface area (Å²) in [5.74, 6) is 0.997. The van der Waals surface area contributed by atoms with E-state index in [0.29, 0.717) is 0 Å². The monoisotopic (exact) mass is 354 g/mol. The quantitative estimate of drug-likeness (QED) is 0.466. The Morgan fingerprint density at radius 2 is 1.58 bits per heavy atom. The van der Waals surface area contributed by atoms with E-state index < -0.39 is 0 Å². The first-order chi connectivity index (χ1) is 12.8. The summed E-state index contributed by atoms with van der Waals surface area (Å²) in [5, 5.41) is 3.52. The van der Waals surface area contributed by atoms with Gasteiger partial charge in [-0.15, -0.1) is 0 Å². The second kappa shape index (κ2) is 11.5. The molecule has 0 aromatic heterocycles. The van der Waals surface area contributed by atoms with Crippen molar-refractivity contribution in [2.24, 2.45) is 0 Å². The largest absolute Gasteiger partial charge is 0.493 e. The first kappa shape index (κ1) is 20.2. The van der Waals surface area contributed by atoms with Crippen LogP contribution in [0.3, 0.4) is 0 Å². The lowest BCUT2D eigenvalue weighted by molar-refractivity contribution is 0.302. The molecule has 3 nitrogen and oxygen atoms in total. The lowest BCUT2D eigenvalue weighted by Crippen LogP contribution is -2.21. The fourth-order valence-electron chi connectivity index (χ4n) is 3.08. The highest BCUT2D eigenvalue weighted by Gasteiger charge is 2.04. The molecule has 1 N–H and O–H groups in total. The van der Waals surface area contributed by atoms with Crippen molar-refractivity contribution in [1.82, 2.24) is 0 Å². The Hall–Kier alpha value is -2.16. The van der Waals surface area contributed by atoms with Gasteiger partial charge in [0.2, 0.25) is 0 Å². The molecule has 2 aromatic rings. The van der Waals surface area contributed by atoms with Crippen molar-refractivity contribution in [2.75, 3.05) is 29.9 Å². The number of hydrogen-bond acceptors (Lipinski definition) is 3. The van der Waals surface area contributed by atoms with Crippen LogP contribution in [0.25, 0.3) is 0 Å². The van der Waals surface area contributed by atoms with E-state index in [4.69, 9.17) is 4.74 Å². The standard InChI is InChI=1S/C23H34N2O/c1-4-7-8-11-18-26-23-13-10-9-12-20(23)19-24-21-14-16-22(17-15-21)25(5-2)6-3/h9-10,12-17,24H,4-8,11,18-19H2,1-3H3. The van der Waals surface area contributed by atoms with Crippen molar-refractivity contribution < 1.29 is 4.74 Å². The summed E-state index contributed by atoms with van der Waals surface area (Å²) < 4.78 is 6.01. The Labute approximate surface area is 159 Å². The van der Waals surface area contributed by atoms with Gasteiger partial charge < -0.3 is 15.0 Å². The Bertz CT molecular complexity index is 620. The lowest BCUT2D eigenvalue weighted by atomic mass is 10.2. The van der Waals surface area contributed by atoms with Gasteiger partial charge in [0, 0.05) is 36.6 Å². The van der Waals surface area contributed by atoms with Crippen molar-refractivity contribution in [3.8, 4) is 5.75 Å². The molecular weight excluding hydrogens is 320 g/mol. The molecule has 0 aliphatic heterocycles. The number of rotatable bonds is 12. The fourth-order valence-corrected chi connectivity index (χ4v) is 3.08. The summed E-state index contributed by atoms with van der Waals surface area (Å²) >= 11 is 0. The topological polar surface area (TPSA) is 24.5 Å². The van der Waals surface area contributed by atoms with Gasteiger partial charge in [-0.05, 0) is 50.6 Å². The number of nitrogens with zero attached hydrogens (tertiary/aromatic N) is 1. The van der Waals surface area contributed by atoms with Crippen LogP contribution in [0.15, 0.2) is 48.5 Å². The van der Waals surface area contributed by atoms with Gasteiger partial charge in [0.15, 0.2) is 0 Å². The maximum atomic E-state index is 6.01. The highest BCUT2D eigenvalue weighted by Crippen LogP contribution is 2.22. The first-order valence-electron chi connectivity index (χ1n) is 10.1. The van der Waals surface area contributed by atoms with Gasteiger partial charge in [-0.3, -0.25) is 0 Å². The van der Waals surface area contributed by atoms with Crippen LogP contribution in [0, 0.1) is 0 Å². The number of anilines is 2. The summed E-state index contributed by atoms with van der Waals surface area (Å²) in [5.41, 5.74) is 3.62. The van der Waals surface area contributed by atoms with Gasteiger partial charge in [-0.1, -0.05) is 44.4 Å². The van der Waals surface area contributed by atoms with Crippen molar-refractivity contribution in [2.45, 2.75) is 53.0 Å². The van der Waals surface area contributed by atoms with Gasteiger partial charge in [0.25, 0.3) is 0 Å². The molecule has 0 saturated heterocycles. The molecule has 2 aromatic carbocycles. The molecule has 3 heteroatoms. The van der Waals surface area contributed by atoms with E-state index in [1.165, 1.54) is 30.5 Å². The normalized spacial score (nSPS) is 10.6. The second-order valence-corrected chi connectivity index (χ2v) is 6.59. The van der Waals surface area contributed by atoms with E-state index in [2.05, 4.69) is 73.5 Å². The third-order valence-corrected chi connectivity index (χ3v) is 4.71. The maximum absolute atomic E-state index is 6.01. The molecule has 142 valence electrons. The Morgan fingerprint density at radius 1 is 0.846 bits per heavy atom. The van der Waals surface area contributed by atoms with Crippen LogP contribution in [0.1, 0.15) is 52.0 Å². The van der Waals surface area contributed by atoms with Gasteiger partial charge in [0.05, 0.1) is 6.61 Å². The second-order valence-electron chi connectivity index (χ2n) is 6.59. The molecule has 0 spiro atoms. The molecule has 0 fully saturated rings. The SMILES string of the molecule is CCCCCCOc1ccccc1CNc1ccc(N(CC)CC)cc1. The minimum Gasteiger partial charge on any atom is -0.493 e. The number of para-hydroxylation sites is 1. The molecule has 0 aliphatic carbocycles. The molecule has 0 bridgehead atoms. The molecule has 2 rings (SSSR count). The summed E-state index contributed by atoms with van der Waals surface area (Å²) in [6.45, 7) is 10.3. The number of nitrogens with one attached hydrogen (secondary N) is 1. The Kier molecular flexibility index (Phi) is 8.88. The Morgan fingerprint density at radius 3 is 2.27 bits per heavy atom. The average Bonchev–Trinajstić information content (AvgIpc) is 2.69. The van der Waals surface area contributed by atoms with Crippen molar-refractivity contribution in [1.29, 1.82) is 0 Å².